The van der Waals surface area contributed by atoms with Gasteiger partial charge in [0.15, 0.2) is 8.24 Å². The lowest BCUT2D eigenvalue weighted by Gasteiger charge is -2.38. The van der Waals surface area contributed by atoms with Gasteiger partial charge in [0.2, 0.25) is 0 Å². The van der Waals surface area contributed by atoms with Gasteiger partial charge in [-0.25, -0.2) is 0 Å². The highest BCUT2D eigenvalue weighted by molar-refractivity contribution is 9.10. The van der Waals surface area contributed by atoms with Crippen LogP contribution < -0.4 is 4.98 Å². The van der Waals surface area contributed by atoms with Crippen LogP contribution in [0.15, 0.2) is 22.7 Å². The van der Waals surface area contributed by atoms with Crippen molar-refractivity contribution in [3.05, 3.63) is 27.7 Å². The Kier molecular flexibility index (Phi) is 4.14. The molecule has 1 nitrogen and oxygen atoms in total. The number of benzene rings is 1. The van der Waals surface area contributed by atoms with Crippen LogP contribution in [-0.2, 0) is 0 Å². The van der Waals surface area contributed by atoms with Crippen LogP contribution in [-0.4, -0.2) is 8.24 Å². The minimum Gasteiger partial charge on any atom is -0.409 e. The fourth-order valence-electron chi connectivity index (χ4n) is 1.12. The van der Waals surface area contributed by atoms with Crippen LogP contribution in [0.4, 0.5) is 5.69 Å². The smallest absolute Gasteiger partial charge is 0.152 e. The van der Waals surface area contributed by atoms with Crippen molar-refractivity contribution in [1.29, 1.82) is 0 Å². The first-order valence-electron chi connectivity index (χ1n) is 5.37. The number of nitrogens with one attached hydrogen (secondary N) is 1. The number of halogens is 2. The normalized spacial score (nSPS) is 12.7. The van der Waals surface area contributed by atoms with Crippen molar-refractivity contribution < 1.29 is 0 Å². The Bertz CT molecular complexity index is 385. The summed E-state index contributed by atoms with van der Waals surface area (Å²) in [5.74, 6) is 0. The molecule has 0 aromatic heterocycles. The Labute approximate surface area is 113 Å². The molecule has 0 heterocycles. The number of rotatable bonds is 2. The van der Waals surface area contributed by atoms with Crippen LogP contribution in [0.2, 0.25) is 23.2 Å². The summed E-state index contributed by atoms with van der Waals surface area (Å²) >= 11 is 9.63. The molecule has 0 spiro atoms. The maximum atomic E-state index is 6.22. The van der Waals surface area contributed by atoms with Crippen LogP contribution in [0.1, 0.15) is 20.8 Å². The minimum atomic E-state index is -1.54. The van der Waals surface area contributed by atoms with Gasteiger partial charge in [-0.3, -0.25) is 0 Å². The zero-order chi connectivity index (χ0) is 12.6. The topological polar surface area (TPSA) is 12.0 Å². The van der Waals surface area contributed by atoms with Gasteiger partial charge in [0.25, 0.3) is 0 Å². The molecule has 1 N–H and O–H groups in total. The lowest BCUT2D eigenvalue weighted by Crippen LogP contribution is -2.45. The van der Waals surface area contributed by atoms with Gasteiger partial charge >= 0.3 is 0 Å². The highest BCUT2D eigenvalue weighted by Gasteiger charge is 2.35. The maximum Gasteiger partial charge on any atom is 0.152 e. The van der Waals surface area contributed by atoms with Crippen molar-refractivity contribution in [2.45, 2.75) is 38.9 Å². The van der Waals surface area contributed by atoms with E-state index in [1.807, 2.05) is 18.2 Å². The molecule has 0 amide bonds. The van der Waals surface area contributed by atoms with Crippen LogP contribution in [0, 0.1) is 0 Å². The van der Waals surface area contributed by atoms with E-state index in [0.717, 1.165) is 15.2 Å². The standard InChI is InChI=1S/C12H19BrClNSi/c1-12(2,3)16(4,5)15-11-7-6-9(13)8-10(11)14/h6-8,15H,1-5H3. The first kappa shape index (κ1) is 14.1. The summed E-state index contributed by atoms with van der Waals surface area (Å²) in [5, 5.41) is 1.07. The molecule has 0 bridgehead atoms. The van der Waals surface area contributed by atoms with Gasteiger partial charge in [0, 0.05) is 10.2 Å². The molecular formula is C12H19BrClNSi. The van der Waals surface area contributed by atoms with E-state index >= 15 is 0 Å². The molecule has 0 aliphatic carbocycles. The van der Waals surface area contributed by atoms with Gasteiger partial charge in [-0.1, -0.05) is 61.4 Å². The average Bonchev–Trinajstić information content (AvgIpc) is 2.08. The highest BCUT2D eigenvalue weighted by atomic mass is 79.9. The van der Waals surface area contributed by atoms with Crippen molar-refractivity contribution in [3.8, 4) is 0 Å². The second-order valence-electron chi connectivity index (χ2n) is 5.62. The Hall–Kier alpha value is 0.00688. The van der Waals surface area contributed by atoms with Crippen LogP contribution in [0.5, 0.6) is 0 Å². The molecule has 1 aromatic carbocycles. The van der Waals surface area contributed by atoms with Gasteiger partial charge in [0.1, 0.15) is 0 Å². The van der Waals surface area contributed by atoms with Gasteiger partial charge in [-0.15, -0.1) is 0 Å². The van der Waals surface area contributed by atoms with E-state index in [1.54, 1.807) is 0 Å². The Balaban J connectivity index is 2.97. The van der Waals surface area contributed by atoms with Crippen molar-refractivity contribution in [2.24, 2.45) is 0 Å². The SMILES string of the molecule is CC(C)(C)[Si](C)(C)Nc1ccc(Br)cc1Cl. The third kappa shape index (κ3) is 3.25. The highest BCUT2D eigenvalue weighted by Crippen LogP contribution is 2.38. The van der Waals surface area contributed by atoms with Gasteiger partial charge < -0.3 is 4.98 Å². The molecule has 0 saturated carbocycles. The molecule has 0 fully saturated rings. The first-order chi connectivity index (χ1) is 7.13. The second kappa shape index (κ2) is 4.71. The van der Waals surface area contributed by atoms with Gasteiger partial charge in [0.05, 0.1) is 5.02 Å². The summed E-state index contributed by atoms with van der Waals surface area (Å²) in [5.41, 5.74) is 1.04. The molecule has 90 valence electrons. The zero-order valence-electron chi connectivity index (χ0n) is 10.5. The third-order valence-corrected chi connectivity index (χ3v) is 8.70. The molecular weight excluding hydrogens is 302 g/mol. The molecule has 4 heteroatoms. The fourth-order valence-corrected chi connectivity index (χ4v) is 3.18. The predicted octanol–water partition coefficient (Wildman–Crippen LogP) is 5.52. The van der Waals surface area contributed by atoms with E-state index < -0.39 is 8.24 Å². The van der Waals surface area contributed by atoms with E-state index in [2.05, 4.69) is 54.8 Å². The quantitative estimate of drug-likeness (QED) is 0.707. The molecule has 0 aliphatic rings. The molecule has 0 unspecified atom stereocenters. The lowest BCUT2D eigenvalue weighted by atomic mass is 10.2. The summed E-state index contributed by atoms with van der Waals surface area (Å²) in [6, 6.07) is 5.98. The van der Waals surface area contributed by atoms with Crippen LogP contribution >= 0.6 is 27.5 Å². The average molecular weight is 321 g/mol. The largest absolute Gasteiger partial charge is 0.409 e. The molecule has 0 radical (unpaired) electrons. The predicted molar refractivity (Wildman–Crippen MR) is 80.0 cm³/mol. The molecule has 0 saturated heterocycles. The first-order valence-corrected chi connectivity index (χ1v) is 9.54. The Morgan fingerprint density at radius 3 is 2.25 bits per heavy atom. The van der Waals surface area contributed by atoms with Crippen molar-refractivity contribution in [3.63, 3.8) is 0 Å². The summed E-state index contributed by atoms with van der Waals surface area (Å²) < 4.78 is 1.01. The lowest BCUT2D eigenvalue weighted by molar-refractivity contribution is 0.723. The summed E-state index contributed by atoms with van der Waals surface area (Å²) in [6.45, 7) is 11.5. The Morgan fingerprint density at radius 1 is 1.25 bits per heavy atom. The van der Waals surface area contributed by atoms with E-state index in [1.165, 1.54) is 0 Å². The molecule has 0 atom stereocenters. The van der Waals surface area contributed by atoms with Crippen molar-refractivity contribution >= 4 is 41.5 Å². The summed E-state index contributed by atoms with van der Waals surface area (Å²) in [4.78, 5) is 3.64. The summed E-state index contributed by atoms with van der Waals surface area (Å²) in [6.07, 6.45) is 0. The third-order valence-electron chi connectivity index (χ3n) is 3.25. The van der Waals surface area contributed by atoms with Gasteiger partial charge in [-0.05, 0) is 23.2 Å². The molecule has 0 aliphatic heterocycles. The zero-order valence-corrected chi connectivity index (χ0v) is 13.8. The maximum absolute atomic E-state index is 6.22. The molecule has 16 heavy (non-hydrogen) atoms. The number of hydrogen-bond donors (Lipinski definition) is 1. The van der Waals surface area contributed by atoms with Crippen molar-refractivity contribution in [1.82, 2.24) is 0 Å². The van der Waals surface area contributed by atoms with Crippen LogP contribution in [0.25, 0.3) is 0 Å². The summed E-state index contributed by atoms with van der Waals surface area (Å²) in [7, 11) is -1.54. The van der Waals surface area contributed by atoms with E-state index in [0.29, 0.717) is 5.04 Å². The molecule has 1 aromatic rings. The molecule has 1 rings (SSSR count). The Morgan fingerprint density at radius 2 is 1.81 bits per heavy atom. The second-order valence-corrected chi connectivity index (χ2v) is 11.9. The van der Waals surface area contributed by atoms with E-state index in [9.17, 15) is 0 Å². The van der Waals surface area contributed by atoms with Crippen molar-refractivity contribution in [2.75, 3.05) is 4.98 Å². The van der Waals surface area contributed by atoms with Crippen LogP contribution in [0.3, 0.4) is 0 Å². The number of hydrogen-bond acceptors (Lipinski definition) is 1. The van der Waals surface area contributed by atoms with E-state index in [-0.39, 0.29) is 0 Å². The number of anilines is 1. The van der Waals surface area contributed by atoms with E-state index in [4.69, 9.17) is 11.6 Å². The fraction of sp³-hybridized carbons (Fsp3) is 0.500. The minimum absolute atomic E-state index is 0.295. The monoisotopic (exact) mass is 319 g/mol. The van der Waals surface area contributed by atoms with Gasteiger partial charge in [-0.2, -0.15) is 0 Å².